The number of nitrogens with two attached hydrogens (primary N) is 1. The molecule has 100 valence electrons. The Morgan fingerprint density at radius 3 is 2.83 bits per heavy atom. The van der Waals surface area contributed by atoms with Gasteiger partial charge in [0.25, 0.3) is 0 Å². The van der Waals surface area contributed by atoms with Gasteiger partial charge in [0, 0.05) is 31.7 Å². The zero-order valence-electron chi connectivity index (χ0n) is 10.7. The zero-order valence-corrected chi connectivity index (χ0v) is 11.4. The minimum Gasteiger partial charge on any atom is -0.397 e. The Labute approximate surface area is 112 Å². The lowest BCUT2D eigenvalue weighted by molar-refractivity contribution is 0.239. The average molecular weight is 273 g/mol. The van der Waals surface area contributed by atoms with E-state index in [9.17, 15) is 4.39 Å². The van der Waals surface area contributed by atoms with Gasteiger partial charge in [-0.1, -0.05) is 18.5 Å². The van der Waals surface area contributed by atoms with E-state index >= 15 is 0 Å². The lowest BCUT2D eigenvalue weighted by Gasteiger charge is -2.40. The minimum atomic E-state index is -0.697. The Morgan fingerprint density at radius 1 is 1.56 bits per heavy atom. The van der Waals surface area contributed by atoms with E-state index in [1.165, 1.54) is 0 Å². The molecule has 0 bridgehead atoms. The summed E-state index contributed by atoms with van der Waals surface area (Å²) in [6, 6.07) is 1.93. The number of hydrogen-bond donors (Lipinski definition) is 1. The van der Waals surface area contributed by atoms with Crippen LogP contribution in [0.4, 0.5) is 15.9 Å². The van der Waals surface area contributed by atoms with E-state index in [0.29, 0.717) is 5.82 Å². The number of piperazine rings is 1. The number of nitrogen functional groups attached to an aromatic ring is 1. The van der Waals surface area contributed by atoms with E-state index in [2.05, 4.69) is 28.6 Å². The molecule has 1 unspecified atom stereocenters. The van der Waals surface area contributed by atoms with Crippen molar-refractivity contribution in [1.82, 2.24) is 9.88 Å². The number of anilines is 2. The normalized spacial score (nSPS) is 21.3. The molecule has 18 heavy (non-hydrogen) atoms. The number of hydrogen-bond acceptors (Lipinski definition) is 4. The highest BCUT2D eigenvalue weighted by Crippen LogP contribution is 2.27. The summed E-state index contributed by atoms with van der Waals surface area (Å²) in [5.41, 5.74) is 5.92. The maximum atomic E-state index is 13.5. The topological polar surface area (TPSA) is 45.4 Å². The first-order chi connectivity index (χ1) is 8.52. The summed E-state index contributed by atoms with van der Waals surface area (Å²) in [5, 5.41) is -0.0985. The van der Waals surface area contributed by atoms with Crippen molar-refractivity contribution in [3.8, 4) is 0 Å². The van der Waals surface area contributed by atoms with Gasteiger partial charge in [0.2, 0.25) is 5.95 Å². The van der Waals surface area contributed by atoms with Crippen molar-refractivity contribution in [2.24, 2.45) is 0 Å². The number of rotatable bonds is 2. The van der Waals surface area contributed by atoms with Gasteiger partial charge < -0.3 is 10.6 Å². The van der Waals surface area contributed by atoms with Crippen molar-refractivity contribution in [3.63, 3.8) is 0 Å². The van der Waals surface area contributed by atoms with Crippen LogP contribution in [0.25, 0.3) is 0 Å². The van der Waals surface area contributed by atoms with Gasteiger partial charge in [0.15, 0.2) is 0 Å². The minimum absolute atomic E-state index is 0.0985. The van der Waals surface area contributed by atoms with E-state index in [4.69, 9.17) is 17.3 Å². The van der Waals surface area contributed by atoms with Gasteiger partial charge in [-0.25, -0.2) is 4.98 Å². The van der Waals surface area contributed by atoms with E-state index in [0.717, 1.165) is 26.2 Å². The molecule has 1 aliphatic rings. The summed E-state index contributed by atoms with van der Waals surface area (Å²) in [6.07, 6.45) is 0. The second-order valence-electron chi connectivity index (χ2n) is 4.61. The van der Waals surface area contributed by atoms with Crippen LogP contribution in [0.2, 0.25) is 5.02 Å². The van der Waals surface area contributed by atoms with Gasteiger partial charge in [-0.15, -0.1) is 0 Å². The maximum absolute atomic E-state index is 13.5. The fourth-order valence-electron chi connectivity index (χ4n) is 2.31. The summed E-state index contributed by atoms with van der Waals surface area (Å²) >= 11 is 5.68. The van der Waals surface area contributed by atoms with Gasteiger partial charge in [0.05, 0.1) is 5.69 Å². The predicted molar refractivity (Wildman–Crippen MR) is 72.5 cm³/mol. The monoisotopic (exact) mass is 272 g/mol. The third kappa shape index (κ3) is 2.52. The second-order valence-corrected chi connectivity index (χ2v) is 4.99. The van der Waals surface area contributed by atoms with Crippen LogP contribution in [0.15, 0.2) is 6.07 Å². The quantitative estimate of drug-likeness (QED) is 0.837. The Hall–Kier alpha value is -1.07. The molecule has 0 aromatic carbocycles. The van der Waals surface area contributed by atoms with Crippen LogP contribution in [0.3, 0.4) is 0 Å². The highest BCUT2D eigenvalue weighted by molar-refractivity contribution is 6.33. The Kier molecular flexibility index (Phi) is 3.92. The van der Waals surface area contributed by atoms with Crippen LogP contribution in [-0.4, -0.2) is 42.1 Å². The second kappa shape index (κ2) is 5.28. The maximum Gasteiger partial charge on any atom is 0.235 e. The first kappa shape index (κ1) is 13.4. The number of pyridine rings is 1. The number of halogens is 2. The molecule has 0 radical (unpaired) electrons. The van der Waals surface area contributed by atoms with E-state index < -0.39 is 5.95 Å². The number of nitrogens with zero attached hydrogens (tertiary/aromatic N) is 3. The first-order valence-corrected chi connectivity index (χ1v) is 6.51. The standard InChI is InChI=1S/C12H18ClFN4/c1-3-17-4-5-18(8(2)7-17)10-6-9(15)11(13)12(14)16-10/h6,8H,3-5,7H2,1-2H3,(H2,15,16). The fourth-order valence-corrected chi connectivity index (χ4v) is 2.41. The van der Waals surface area contributed by atoms with Crippen LogP contribution in [-0.2, 0) is 0 Å². The highest BCUT2D eigenvalue weighted by atomic mass is 35.5. The molecule has 4 nitrogen and oxygen atoms in total. The largest absolute Gasteiger partial charge is 0.397 e. The van der Waals surface area contributed by atoms with Gasteiger partial charge >= 0.3 is 0 Å². The molecule has 1 aromatic heterocycles. The first-order valence-electron chi connectivity index (χ1n) is 6.13. The molecule has 1 aliphatic heterocycles. The molecule has 2 N–H and O–H groups in total. The van der Waals surface area contributed by atoms with E-state index in [1.54, 1.807) is 6.07 Å². The van der Waals surface area contributed by atoms with Gasteiger partial charge in [-0.3, -0.25) is 4.90 Å². The lowest BCUT2D eigenvalue weighted by Crippen LogP contribution is -2.52. The van der Waals surface area contributed by atoms with E-state index in [1.807, 2.05) is 0 Å². The number of likely N-dealkylation sites (N-methyl/N-ethyl adjacent to an activating group) is 1. The SMILES string of the molecule is CCN1CCN(c2cc(N)c(Cl)c(F)n2)C(C)C1. The van der Waals surface area contributed by atoms with Crippen molar-refractivity contribution in [2.45, 2.75) is 19.9 Å². The van der Waals surface area contributed by atoms with Gasteiger partial charge in [-0.2, -0.15) is 4.39 Å². The smallest absolute Gasteiger partial charge is 0.235 e. The molecular weight excluding hydrogens is 255 g/mol. The van der Waals surface area contributed by atoms with Crippen LogP contribution in [0, 0.1) is 5.95 Å². The average Bonchev–Trinajstić information content (AvgIpc) is 2.35. The van der Waals surface area contributed by atoms with Crippen molar-refractivity contribution in [1.29, 1.82) is 0 Å². The van der Waals surface area contributed by atoms with E-state index in [-0.39, 0.29) is 16.8 Å². The summed E-state index contributed by atoms with van der Waals surface area (Å²) in [6.45, 7) is 7.99. The van der Waals surface area contributed by atoms with Crippen LogP contribution >= 0.6 is 11.6 Å². The molecule has 0 spiro atoms. The molecule has 1 atom stereocenters. The Bertz CT molecular complexity index is 417. The molecule has 6 heteroatoms. The fraction of sp³-hybridized carbons (Fsp3) is 0.583. The summed E-state index contributed by atoms with van der Waals surface area (Å²) < 4.78 is 13.5. The highest BCUT2D eigenvalue weighted by Gasteiger charge is 2.24. The molecule has 1 fully saturated rings. The van der Waals surface area contributed by atoms with Gasteiger partial charge in [0.1, 0.15) is 10.8 Å². The van der Waals surface area contributed by atoms with Crippen molar-refractivity contribution in [3.05, 3.63) is 17.0 Å². The van der Waals surface area contributed by atoms with Crippen LogP contribution < -0.4 is 10.6 Å². The molecule has 0 saturated carbocycles. The molecule has 1 saturated heterocycles. The molecule has 2 rings (SSSR count). The van der Waals surface area contributed by atoms with Crippen molar-refractivity contribution in [2.75, 3.05) is 36.8 Å². The van der Waals surface area contributed by atoms with Crippen molar-refractivity contribution >= 4 is 23.1 Å². The number of aromatic nitrogens is 1. The van der Waals surface area contributed by atoms with Crippen LogP contribution in [0.1, 0.15) is 13.8 Å². The molecule has 1 aromatic rings. The zero-order chi connectivity index (χ0) is 13.3. The Morgan fingerprint density at radius 2 is 2.28 bits per heavy atom. The summed E-state index contributed by atoms with van der Waals surface area (Å²) in [4.78, 5) is 8.32. The predicted octanol–water partition coefficient (Wildman–Crippen LogP) is 1.99. The molecular formula is C12H18ClFN4. The summed E-state index contributed by atoms with van der Waals surface area (Å²) in [5.74, 6) is -0.130. The Balaban J connectivity index is 2.22. The van der Waals surface area contributed by atoms with Gasteiger partial charge in [-0.05, 0) is 13.5 Å². The van der Waals surface area contributed by atoms with Crippen molar-refractivity contribution < 1.29 is 4.39 Å². The molecule has 0 amide bonds. The summed E-state index contributed by atoms with van der Waals surface area (Å²) in [7, 11) is 0. The lowest BCUT2D eigenvalue weighted by atomic mass is 10.2. The third-order valence-corrected chi connectivity index (χ3v) is 3.76. The molecule has 2 heterocycles. The van der Waals surface area contributed by atoms with Crippen LogP contribution in [0.5, 0.6) is 0 Å². The molecule has 0 aliphatic carbocycles. The third-order valence-electron chi connectivity index (χ3n) is 3.38.